The van der Waals surface area contributed by atoms with Crippen molar-refractivity contribution in [2.24, 2.45) is 5.92 Å². The van der Waals surface area contributed by atoms with E-state index in [2.05, 4.69) is 0 Å². The first kappa shape index (κ1) is 14.7. The second kappa shape index (κ2) is 6.50. The maximum atomic E-state index is 11.4. The molecule has 1 aliphatic rings. The number of carbonyl (C=O) groups is 3. The number of carboxylic acid groups (broad SMARTS) is 2. The lowest BCUT2D eigenvalue weighted by Crippen LogP contribution is -2.27. The largest absolute Gasteiger partial charge is 0.503 e. The molecule has 0 bridgehead atoms. The molecule has 2 amide bonds. The van der Waals surface area contributed by atoms with Crippen molar-refractivity contribution >= 4 is 18.0 Å². The van der Waals surface area contributed by atoms with E-state index in [1.165, 1.54) is 0 Å². The Morgan fingerprint density at radius 2 is 1.74 bits per heavy atom. The van der Waals surface area contributed by atoms with Crippen LogP contribution in [0.5, 0.6) is 0 Å². The van der Waals surface area contributed by atoms with Gasteiger partial charge in [-0.1, -0.05) is 30.3 Å². The molecule has 1 heterocycles. The van der Waals surface area contributed by atoms with Gasteiger partial charge in [0.2, 0.25) is 0 Å². The summed E-state index contributed by atoms with van der Waals surface area (Å²) in [7, 11) is 0. The van der Waals surface area contributed by atoms with Crippen LogP contribution in [0.2, 0.25) is 0 Å². The second-order valence-electron chi connectivity index (χ2n) is 3.92. The normalized spacial score (nSPS) is 17.9. The Bertz CT molecular complexity index is 468. The van der Waals surface area contributed by atoms with Gasteiger partial charge in [0.15, 0.2) is 0 Å². The smallest absolute Gasteiger partial charge is 0.450 e. The Morgan fingerprint density at radius 1 is 1.21 bits per heavy atom. The number of hydroxylamine groups is 2. The van der Waals surface area contributed by atoms with Crippen LogP contribution in [0.4, 0.5) is 4.79 Å². The fourth-order valence-electron chi connectivity index (χ4n) is 1.74. The predicted molar refractivity (Wildman–Crippen MR) is 62.5 cm³/mol. The maximum absolute atomic E-state index is 11.4. The summed E-state index contributed by atoms with van der Waals surface area (Å²) in [4.78, 5) is 31.0. The highest BCUT2D eigenvalue weighted by atomic mass is 16.6. The van der Waals surface area contributed by atoms with Crippen LogP contribution in [0.3, 0.4) is 0 Å². The van der Waals surface area contributed by atoms with E-state index in [0.717, 1.165) is 5.56 Å². The SMILES string of the molecule is O=C(O)O.O=C1CC(Cc2ccccc2)C(=O)N1O. The van der Waals surface area contributed by atoms with Crippen molar-refractivity contribution in [2.45, 2.75) is 12.8 Å². The van der Waals surface area contributed by atoms with Crippen LogP contribution in [0.15, 0.2) is 30.3 Å². The molecule has 1 aliphatic heterocycles. The first-order chi connectivity index (χ1) is 8.91. The highest BCUT2D eigenvalue weighted by Crippen LogP contribution is 2.21. The van der Waals surface area contributed by atoms with Crippen molar-refractivity contribution in [1.82, 2.24) is 5.06 Å². The number of imide groups is 1. The van der Waals surface area contributed by atoms with Gasteiger partial charge >= 0.3 is 6.16 Å². The second-order valence-corrected chi connectivity index (χ2v) is 3.92. The van der Waals surface area contributed by atoms with Gasteiger partial charge in [0, 0.05) is 6.42 Å². The molecule has 0 saturated carbocycles. The Labute approximate surface area is 108 Å². The van der Waals surface area contributed by atoms with Gasteiger partial charge in [0.05, 0.1) is 5.92 Å². The average Bonchev–Trinajstić information content (AvgIpc) is 2.58. The van der Waals surface area contributed by atoms with E-state index in [-0.39, 0.29) is 11.5 Å². The third-order valence-corrected chi connectivity index (χ3v) is 2.54. The van der Waals surface area contributed by atoms with Crippen LogP contribution in [0, 0.1) is 5.92 Å². The van der Waals surface area contributed by atoms with Gasteiger partial charge in [-0.15, -0.1) is 0 Å². The van der Waals surface area contributed by atoms with Crippen LogP contribution in [0.25, 0.3) is 0 Å². The predicted octanol–water partition coefficient (Wildman–Crippen LogP) is 1.22. The summed E-state index contributed by atoms with van der Waals surface area (Å²) in [6.45, 7) is 0. The van der Waals surface area contributed by atoms with Crippen molar-refractivity contribution in [1.29, 1.82) is 0 Å². The number of hydrogen-bond donors (Lipinski definition) is 3. The van der Waals surface area contributed by atoms with Gasteiger partial charge in [-0.2, -0.15) is 5.06 Å². The Kier molecular flexibility index (Phi) is 5.01. The molecule has 7 nitrogen and oxygen atoms in total. The molecule has 0 spiro atoms. The number of carbonyl (C=O) groups excluding carboxylic acids is 2. The average molecular weight is 267 g/mol. The number of nitrogens with zero attached hydrogens (tertiary/aromatic N) is 1. The van der Waals surface area contributed by atoms with E-state index in [0.29, 0.717) is 6.42 Å². The first-order valence-corrected chi connectivity index (χ1v) is 5.43. The quantitative estimate of drug-likeness (QED) is 0.548. The van der Waals surface area contributed by atoms with Gasteiger partial charge in [-0.25, -0.2) is 4.79 Å². The molecule has 3 N–H and O–H groups in total. The molecule has 2 rings (SSSR count). The molecule has 1 unspecified atom stereocenters. The van der Waals surface area contributed by atoms with Gasteiger partial charge in [0.25, 0.3) is 11.8 Å². The van der Waals surface area contributed by atoms with Gasteiger partial charge in [-0.3, -0.25) is 14.8 Å². The third-order valence-electron chi connectivity index (χ3n) is 2.54. The minimum atomic E-state index is -1.83. The fraction of sp³-hybridized carbons (Fsp3) is 0.250. The van der Waals surface area contributed by atoms with Gasteiger partial charge in [0.1, 0.15) is 0 Å². The molecule has 1 fully saturated rings. The molecule has 0 aromatic heterocycles. The van der Waals surface area contributed by atoms with Gasteiger partial charge in [-0.05, 0) is 12.0 Å². The summed E-state index contributed by atoms with van der Waals surface area (Å²) in [5.74, 6) is -1.42. The lowest BCUT2D eigenvalue weighted by Gasteiger charge is -2.06. The van der Waals surface area contributed by atoms with Crippen LogP contribution >= 0.6 is 0 Å². The Balaban J connectivity index is 0.000000399. The first-order valence-electron chi connectivity index (χ1n) is 5.43. The van der Waals surface area contributed by atoms with E-state index in [1.54, 1.807) is 0 Å². The van der Waals surface area contributed by atoms with Crippen LogP contribution in [-0.4, -0.2) is 38.5 Å². The zero-order valence-corrected chi connectivity index (χ0v) is 9.89. The Morgan fingerprint density at radius 3 is 2.16 bits per heavy atom. The maximum Gasteiger partial charge on any atom is 0.503 e. The van der Waals surface area contributed by atoms with Crippen molar-refractivity contribution in [3.8, 4) is 0 Å². The molecule has 7 heteroatoms. The van der Waals surface area contributed by atoms with E-state index in [1.807, 2.05) is 30.3 Å². The fourth-order valence-corrected chi connectivity index (χ4v) is 1.74. The van der Waals surface area contributed by atoms with Crippen LogP contribution in [-0.2, 0) is 16.0 Å². The summed E-state index contributed by atoms with van der Waals surface area (Å²) in [5.41, 5.74) is 0.999. The highest BCUT2D eigenvalue weighted by Gasteiger charge is 2.37. The Hall–Kier alpha value is -2.41. The zero-order valence-electron chi connectivity index (χ0n) is 9.89. The van der Waals surface area contributed by atoms with E-state index >= 15 is 0 Å². The standard InChI is InChI=1S/C11H11NO3.CH2O3/c13-10-7-9(11(14)12(10)15)6-8-4-2-1-3-5-8;2-1(3)4/h1-5,9,15H,6-7H2;(H2,2,3,4). The number of amides is 2. The molecule has 1 aromatic rings. The summed E-state index contributed by atoms with van der Waals surface area (Å²) < 4.78 is 0. The molecule has 102 valence electrons. The summed E-state index contributed by atoms with van der Waals surface area (Å²) in [6.07, 6.45) is -1.23. The monoisotopic (exact) mass is 267 g/mol. The van der Waals surface area contributed by atoms with E-state index in [4.69, 9.17) is 20.2 Å². The topological polar surface area (TPSA) is 115 Å². The molecular weight excluding hydrogens is 254 g/mol. The summed E-state index contributed by atoms with van der Waals surface area (Å²) in [5, 5.41) is 23.2. The minimum absolute atomic E-state index is 0.101. The summed E-state index contributed by atoms with van der Waals surface area (Å²) in [6, 6.07) is 9.46. The molecule has 1 saturated heterocycles. The third kappa shape index (κ3) is 4.40. The van der Waals surface area contributed by atoms with Crippen molar-refractivity contribution in [3.05, 3.63) is 35.9 Å². The molecule has 0 aliphatic carbocycles. The van der Waals surface area contributed by atoms with Crippen molar-refractivity contribution in [2.75, 3.05) is 0 Å². The molecular formula is C12H13NO6. The molecule has 1 aromatic carbocycles. The van der Waals surface area contributed by atoms with Gasteiger partial charge < -0.3 is 10.2 Å². The van der Waals surface area contributed by atoms with Crippen LogP contribution < -0.4 is 0 Å². The minimum Gasteiger partial charge on any atom is -0.450 e. The van der Waals surface area contributed by atoms with Crippen molar-refractivity contribution in [3.63, 3.8) is 0 Å². The number of hydrogen-bond acceptors (Lipinski definition) is 4. The zero-order chi connectivity index (χ0) is 14.4. The molecule has 1 atom stereocenters. The van der Waals surface area contributed by atoms with Crippen LogP contribution in [0.1, 0.15) is 12.0 Å². The molecule has 19 heavy (non-hydrogen) atoms. The van der Waals surface area contributed by atoms with E-state index in [9.17, 15) is 9.59 Å². The lowest BCUT2D eigenvalue weighted by atomic mass is 9.98. The van der Waals surface area contributed by atoms with Crippen molar-refractivity contribution < 1.29 is 29.8 Å². The lowest BCUT2D eigenvalue weighted by molar-refractivity contribution is -0.172. The number of rotatable bonds is 2. The summed E-state index contributed by atoms with van der Waals surface area (Å²) >= 11 is 0. The molecule has 0 radical (unpaired) electrons. The number of benzene rings is 1. The van der Waals surface area contributed by atoms with E-state index < -0.39 is 23.9 Å². The highest BCUT2D eigenvalue weighted by molar-refractivity contribution is 6.02.